The van der Waals surface area contributed by atoms with E-state index in [1.807, 2.05) is 41.3 Å². The van der Waals surface area contributed by atoms with Crippen LogP contribution in [0.3, 0.4) is 0 Å². The molecule has 4 rings (SSSR count). The van der Waals surface area contributed by atoms with Crippen molar-refractivity contribution >= 4 is 11.4 Å². The summed E-state index contributed by atoms with van der Waals surface area (Å²) in [6.45, 7) is 2.43. The lowest BCUT2D eigenvalue weighted by Gasteiger charge is -2.28. The van der Waals surface area contributed by atoms with Gasteiger partial charge in [0.25, 0.3) is 0 Å². The molecule has 0 N–H and O–H groups in total. The number of benzene rings is 1. The van der Waals surface area contributed by atoms with Crippen LogP contribution in [0.5, 0.6) is 0 Å². The van der Waals surface area contributed by atoms with E-state index >= 15 is 0 Å². The van der Waals surface area contributed by atoms with Gasteiger partial charge in [0.1, 0.15) is 5.82 Å². The highest BCUT2D eigenvalue weighted by Crippen LogP contribution is 2.38. The van der Waals surface area contributed by atoms with Gasteiger partial charge in [0.2, 0.25) is 0 Å². The third kappa shape index (κ3) is 3.94. The fraction of sp³-hybridized carbons (Fsp3) is 0.333. The van der Waals surface area contributed by atoms with E-state index in [2.05, 4.69) is 9.97 Å². The molecule has 2 aliphatic rings. The van der Waals surface area contributed by atoms with E-state index in [-0.39, 0.29) is 17.8 Å². The SMILES string of the molecule is FC(F)(F)C1=C(c2nc(-c3ccccc3)cc(N3CCOCC3)n2)CCC=C1. The molecule has 0 amide bonds. The first-order chi connectivity index (χ1) is 13.5. The van der Waals surface area contributed by atoms with Crippen molar-refractivity contribution in [3.05, 3.63) is 59.9 Å². The van der Waals surface area contributed by atoms with E-state index in [1.54, 1.807) is 6.08 Å². The largest absolute Gasteiger partial charge is 0.416 e. The third-order valence-electron chi connectivity index (χ3n) is 4.86. The standard InChI is InChI=1S/C21H20F3N3O/c22-21(23,24)17-9-5-4-8-16(17)20-25-18(15-6-2-1-3-7-15)14-19(26-20)27-10-12-28-13-11-27/h1-3,5-7,9,14H,4,8,10-13H2. The van der Waals surface area contributed by atoms with Gasteiger partial charge in [0, 0.05) is 30.3 Å². The van der Waals surface area contributed by atoms with Crippen LogP contribution in [-0.2, 0) is 4.74 Å². The summed E-state index contributed by atoms with van der Waals surface area (Å²) in [5.74, 6) is 0.787. The molecule has 146 valence electrons. The van der Waals surface area contributed by atoms with Gasteiger partial charge in [-0.2, -0.15) is 13.2 Å². The molecule has 1 aromatic heterocycles. The van der Waals surface area contributed by atoms with Crippen LogP contribution in [0.4, 0.5) is 19.0 Å². The number of hydrogen-bond acceptors (Lipinski definition) is 4. The van der Waals surface area contributed by atoms with Crippen molar-refractivity contribution in [3.63, 3.8) is 0 Å². The summed E-state index contributed by atoms with van der Waals surface area (Å²) in [5.41, 5.74) is 0.969. The summed E-state index contributed by atoms with van der Waals surface area (Å²) in [6, 6.07) is 11.3. The van der Waals surface area contributed by atoms with Gasteiger partial charge in [-0.25, -0.2) is 9.97 Å². The molecule has 0 atom stereocenters. The smallest absolute Gasteiger partial charge is 0.378 e. The van der Waals surface area contributed by atoms with E-state index in [0.717, 1.165) is 11.6 Å². The molecule has 1 fully saturated rings. The summed E-state index contributed by atoms with van der Waals surface area (Å²) in [4.78, 5) is 11.1. The zero-order valence-electron chi connectivity index (χ0n) is 15.2. The number of anilines is 1. The maximum atomic E-state index is 13.6. The Morgan fingerprint density at radius 3 is 2.46 bits per heavy atom. The molecule has 28 heavy (non-hydrogen) atoms. The molecule has 2 heterocycles. The summed E-state index contributed by atoms with van der Waals surface area (Å²) in [7, 11) is 0. The second-order valence-electron chi connectivity index (χ2n) is 6.73. The number of allylic oxidation sites excluding steroid dienone is 4. The second-order valence-corrected chi connectivity index (χ2v) is 6.73. The lowest BCUT2D eigenvalue weighted by atomic mass is 9.96. The minimum absolute atomic E-state index is 0.152. The Morgan fingerprint density at radius 1 is 1.00 bits per heavy atom. The van der Waals surface area contributed by atoms with Crippen molar-refractivity contribution in [3.8, 4) is 11.3 Å². The maximum absolute atomic E-state index is 13.6. The van der Waals surface area contributed by atoms with E-state index in [9.17, 15) is 13.2 Å². The van der Waals surface area contributed by atoms with E-state index in [4.69, 9.17) is 4.74 Å². The summed E-state index contributed by atoms with van der Waals surface area (Å²) in [5, 5.41) is 0. The number of alkyl halides is 3. The molecule has 1 aliphatic carbocycles. The average molecular weight is 387 g/mol. The van der Waals surface area contributed by atoms with Gasteiger partial charge >= 0.3 is 6.18 Å². The predicted molar refractivity (Wildman–Crippen MR) is 102 cm³/mol. The first-order valence-electron chi connectivity index (χ1n) is 9.27. The van der Waals surface area contributed by atoms with Crippen LogP contribution < -0.4 is 4.90 Å². The lowest BCUT2D eigenvalue weighted by molar-refractivity contribution is -0.0879. The molecule has 0 saturated carbocycles. The molecule has 0 radical (unpaired) electrons. The topological polar surface area (TPSA) is 38.2 Å². The Hall–Kier alpha value is -2.67. The number of nitrogens with zero attached hydrogens (tertiary/aromatic N) is 3. The number of halogens is 3. The van der Waals surface area contributed by atoms with Gasteiger partial charge in [-0.15, -0.1) is 0 Å². The number of rotatable bonds is 3. The van der Waals surface area contributed by atoms with E-state index in [1.165, 1.54) is 0 Å². The van der Waals surface area contributed by atoms with Gasteiger partial charge in [-0.05, 0) is 12.8 Å². The fourth-order valence-electron chi connectivity index (χ4n) is 3.44. The Labute approximate surface area is 161 Å². The molecule has 7 heteroatoms. The predicted octanol–water partition coefficient (Wildman–Crippen LogP) is 4.65. The molecule has 4 nitrogen and oxygen atoms in total. The van der Waals surface area contributed by atoms with Crippen LogP contribution in [0.1, 0.15) is 18.7 Å². The number of aromatic nitrogens is 2. The van der Waals surface area contributed by atoms with Gasteiger partial charge < -0.3 is 9.64 Å². The zero-order chi connectivity index (χ0) is 19.6. The molecule has 1 aliphatic heterocycles. The van der Waals surface area contributed by atoms with Crippen LogP contribution in [-0.4, -0.2) is 42.4 Å². The maximum Gasteiger partial charge on any atom is 0.416 e. The molecule has 0 unspecified atom stereocenters. The fourth-order valence-corrected chi connectivity index (χ4v) is 3.44. The van der Waals surface area contributed by atoms with Crippen LogP contribution in [0.2, 0.25) is 0 Å². The molecular weight excluding hydrogens is 367 g/mol. The summed E-state index contributed by atoms with van der Waals surface area (Å²) < 4.78 is 46.1. The molecule has 0 spiro atoms. The van der Waals surface area contributed by atoms with Gasteiger partial charge in [0.15, 0.2) is 5.82 Å². The summed E-state index contributed by atoms with van der Waals surface area (Å²) in [6.07, 6.45) is -0.924. The Morgan fingerprint density at radius 2 is 1.75 bits per heavy atom. The Balaban J connectivity index is 1.86. The van der Waals surface area contributed by atoms with E-state index < -0.39 is 11.7 Å². The first-order valence-corrected chi connectivity index (χ1v) is 9.27. The van der Waals surface area contributed by atoms with Crippen LogP contribution in [0.25, 0.3) is 16.8 Å². The Kier molecular flexibility index (Phi) is 5.17. The first kappa shape index (κ1) is 18.7. The van der Waals surface area contributed by atoms with Gasteiger partial charge in [0.05, 0.1) is 24.5 Å². The molecule has 2 aromatic rings. The van der Waals surface area contributed by atoms with Gasteiger partial charge in [-0.3, -0.25) is 0 Å². The minimum atomic E-state index is -4.43. The lowest BCUT2D eigenvalue weighted by Crippen LogP contribution is -2.37. The minimum Gasteiger partial charge on any atom is -0.378 e. The second kappa shape index (κ2) is 7.75. The van der Waals surface area contributed by atoms with Crippen LogP contribution in [0.15, 0.2) is 54.1 Å². The van der Waals surface area contributed by atoms with Crippen molar-refractivity contribution in [1.29, 1.82) is 0 Å². The van der Waals surface area contributed by atoms with E-state index in [0.29, 0.717) is 44.2 Å². The molecule has 1 aromatic carbocycles. The van der Waals surface area contributed by atoms with Crippen molar-refractivity contribution in [2.75, 3.05) is 31.2 Å². The van der Waals surface area contributed by atoms with Crippen LogP contribution in [0, 0.1) is 0 Å². The molecule has 0 bridgehead atoms. The van der Waals surface area contributed by atoms with Crippen molar-refractivity contribution in [2.24, 2.45) is 0 Å². The summed E-state index contributed by atoms with van der Waals surface area (Å²) >= 11 is 0. The highest BCUT2D eigenvalue weighted by atomic mass is 19.4. The zero-order valence-corrected chi connectivity index (χ0v) is 15.2. The highest BCUT2D eigenvalue weighted by molar-refractivity contribution is 5.73. The molecular formula is C21H20F3N3O. The normalized spacial score (nSPS) is 17.9. The Bertz CT molecular complexity index is 901. The number of hydrogen-bond donors (Lipinski definition) is 0. The van der Waals surface area contributed by atoms with Gasteiger partial charge in [-0.1, -0.05) is 42.5 Å². The number of morpholine rings is 1. The third-order valence-corrected chi connectivity index (χ3v) is 4.86. The number of ether oxygens (including phenoxy) is 1. The monoisotopic (exact) mass is 387 g/mol. The van der Waals surface area contributed by atoms with Crippen molar-refractivity contribution in [2.45, 2.75) is 19.0 Å². The average Bonchev–Trinajstić information content (AvgIpc) is 2.74. The van der Waals surface area contributed by atoms with Crippen molar-refractivity contribution < 1.29 is 17.9 Å². The molecule has 1 saturated heterocycles. The van der Waals surface area contributed by atoms with Crippen LogP contribution >= 0.6 is 0 Å². The highest BCUT2D eigenvalue weighted by Gasteiger charge is 2.36. The quantitative estimate of drug-likeness (QED) is 0.769. The van der Waals surface area contributed by atoms with Crippen molar-refractivity contribution in [1.82, 2.24) is 9.97 Å².